The van der Waals surface area contributed by atoms with Crippen LogP contribution in [0, 0.1) is 0 Å². The summed E-state index contributed by atoms with van der Waals surface area (Å²) in [7, 11) is 0. The number of hydrogen-bond acceptors (Lipinski definition) is 4. The zero-order chi connectivity index (χ0) is 7.84. The molecule has 0 saturated carbocycles. The minimum atomic E-state index is 0.328. The van der Waals surface area contributed by atoms with Crippen LogP contribution in [0.1, 0.15) is 5.69 Å². The lowest BCUT2D eigenvalue weighted by atomic mass is 10.3. The predicted molar refractivity (Wildman–Crippen MR) is 42.0 cm³/mol. The maximum Gasteiger partial charge on any atom is 0.199 e. The summed E-state index contributed by atoms with van der Waals surface area (Å²) in [6.07, 6.45) is 1.56. The molecule has 0 unspecified atom stereocenters. The fourth-order valence-electron chi connectivity index (χ4n) is 0.953. The first-order valence-electron chi connectivity index (χ1n) is 3.11. The fraction of sp³-hybridized carbons (Fsp3) is 0. The maximum absolute atomic E-state index is 5.42. The number of aromatic amines is 1. The highest BCUT2D eigenvalue weighted by molar-refractivity contribution is 5.93. The van der Waals surface area contributed by atoms with Gasteiger partial charge in [0.1, 0.15) is 5.69 Å². The van der Waals surface area contributed by atoms with E-state index in [1.807, 2.05) is 0 Å². The first-order chi connectivity index (χ1) is 5.27. The molecule has 0 bridgehead atoms. The minimum Gasteiger partial charge on any atom is -0.369 e. The Balaban J connectivity index is 2.60. The third-order valence-corrected chi connectivity index (χ3v) is 1.43. The van der Waals surface area contributed by atoms with Crippen molar-refractivity contribution in [3.63, 3.8) is 0 Å². The number of nitrogens with two attached hydrogens (primary N) is 1. The van der Waals surface area contributed by atoms with Crippen molar-refractivity contribution in [3.05, 3.63) is 18.6 Å². The van der Waals surface area contributed by atoms with Gasteiger partial charge in [-0.05, 0) is 0 Å². The van der Waals surface area contributed by atoms with E-state index < -0.39 is 0 Å². The molecule has 1 aliphatic rings. The van der Waals surface area contributed by atoms with Gasteiger partial charge >= 0.3 is 0 Å². The summed E-state index contributed by atoms with van der Waals surface area (Å²) in [4.78, 5) is 10.8. The Morgan fingerprint density at radius 2 is 2.36 bits per heavy atom. The van der Waals surface area contributed by atoms with Gasteiger partial charge in [0.25, 0.3) is 0 Å². The first-order valence-corrected chi connectivity index (χ1v) is 3.11. The number of guanidine groups is 1. The topological polar surface area (TPSA) is 79.1 Å². The van der Waals surface area contributed by atoms with Crippen LogP contribution < -0.4 is 11.1 Å². The van der Waals surface area contributed by atoms with Gasteiger partial charge in [0.05, 0.1) is 12.0 Å². The summed E-state index contributed by atoms with van der Waals surface area (Å²) >= 11 is 0. The second-order valence-corrected chi connectivity index (χ2v) is 2.20. The zero-order valence-corrected chi connectivity index (χ0v) is 5.76. The van der Waals surface area contributed by atoms with Crippen LogP contribution >= 0.6 is 0 Å². The molecule has 2 heterocycles. The molecular weight excluding hydrogens is 142 g/mol. The van der Waals surface area contributed by atoms with Gasteiger partial charge in [-0.15, -0.1) is 0 Å². The summed E-state index contributed by atoms with van der Waals surface area (Å²) in [5.41, 5.74) is 6.91. The summed E-state index contributed by atoms with van der Waals surface area (Å²) in [6.45, 7) is 3.73. The number of nitrogens with one attached hydrogen (secondary N) is 2. The van der Waals surface area contributed by atoms with E-state index in [0.717, 1.165) is 5.69 Å². The van der Waals surface area contributed by atoms with Crippen molar-refractivity contribution in [1.29, 1.82) is 0 Å². The molecule has 1 aromatic rings. The van der Waals surface area contributed by atoms with Crippen molar-refractivity contribution in [2.75, 3.05) is 0 Å². The van der Waals surface area contributed by atoms with Crippen LogP contribution in [0.3, 0.4) is 0 Å². The lowest BCUT2D eigenvalue weighted by Gasteiger charge is -2.11. The summed E-state index contributed by atoms with van der Waals surface area (Å²) < 4.78 is 0. The highest BCUT2D eigenvalue weighted by atomic mass is 15.2. The molecule has 0 spiro atoms. The maximum atomic E-state index is 5.42. The van der Waals surface area contributed by atoms with Crippen molar-refractivity contribution in [2.24, 2.45) is 10.7 Å². The van der Waals surface area contributed by atoms with E-state index in [-0.39, 0.29) is 0 Å². The number of hydrogen-bond donors (Lipinski definition) is 3. The molecular formula is C6H7N5. The molecule has 4 N–H and O–H groups in total. The number of aromatic nitrogens is 2. The van der Waals surface area contributed by atoms with E-state index in [1.165, 1.54) is 0 Å². The zero-order valence-electron chi connectivity index (χ0n) is 5.76. The molecule has 5 heteroatoms. The third-order valence-electron chi connectivity index (χ3n) is 1.43. The standard InChI is InChI=1S/C6H7N5/c1-3-4-5(9-2-8-4)11-6(7)10-3/h2H,1H2,(H,8,9)(H3,7,10,11). The van der Waals surface area contributed by atoms with Gasteiger partial charge in [-0.25, -0.2) is 4.98 Å². The number of rotatable bonds is 0. The molecule has 0 fully saturated rings. The summed E-state index contributed by atoms with van der Waals surface area (Å²) in [5.74, 6) is 0.917. The minimum absolute atomic E-state index is 0.328. The molecule has 0 radical (unpaired) electrons. The van der Waals surface area contributed by atoms with Crippen molar-refractivity contribution >= 4 is 17.5 Å². The Morgan fingerprint density at radius 1 is 1.55 bits per heavy atom. The molecule has 1 aliphatic heterocycles. The Bertz CT molecular complexity index is 334. The van der Waals surface area contributed by atoms with Gasteiger partial charge in [0.15, 0.2) is 11.8 Å². The molecule has 56 valence electrons. The fourth-order valence-corrected chi connectivity index (χ4v) is 0.953. The molecule has 2 rings (SSSR count). The normalized spacial score (nSPS) is 15.3. The highest BCUT2D eigenvalue weighted by Gasteiger charge is 2.14. The van der Waals surface area contributed by atoms with Crippen LogP contribution in [0.2, 0.25) is 0 Å². The molecule has 0 aliphatic carbocycles. The molecule has 5 nitrogen and oxygen atoms in total. The van der Waals surface area contributed by atoms with Crippen LogP contribution in [-0.2, 0) is 0 Å². The molecule has 11 heavy (non-hydrogen) atoms. The van der Waals surface area contributed by atoms with E-state index >= 15 is 0 Å². The van der Waals surface area contributed by atoms with E-state index in [2.05, 4.69) is 26.9 Å². The van der Waals surface area contributed by atoms with E-state index in [9.17, 15) is 0 Å². The molecule has 0 saturated heterocycles. The number of nitrogens with zero attached hydrogens (tertiary/aromatic N) is 2. The second kappa shape index (κ2) is 1.85. The number of aliphatic imine (C=N–C) groups is 1. The monoisotopic (exact) mass is 149 g/mol. The summed E-state index contributed by atoms with van der Waals surface area (Å²) in [5, 5.41) is 2.78. The molecule has 1 aromatic heterocycles. The third kappa shape index (κ3) is 0.778. The number of H-pyrrole nitrogens is 1. The first kappa shape index (κ1) is 5.96. The van der Waals surface area contributed by atoms with Crippen molar-refractivity contribution < 1.29 is 0 Å². The molecule has 0 amide bonds. The van der Waals surface area contributed by atoms with E-state index in [0.29, 0.717) is 17.5 Å². The number of fused-ring (bicyclic) bond motifs is 1. The van der Waals surface area contributed by atoms with Gasteiger partial charge in [0, 0.05) is 0 Å². The SMILES string of the molecule is C=C1NC(N)=Nc2nc[nH]c21. The van der Waals surface area contributed by atoms with E-state index in [4.69, 9.17) is 5.73 Å². The quantitative estimate of drug-likeness (QED) is 0.483. The van der Waals surface area contributed by atoms with Crippen molar-refractivity contribution in [2.45, 2.75) is 0 Å². The lowest BCUT2D eigenvalue weighted by molar-refractivity contribution is 1.16. The average Bonchev–Trinajstić information content (AvgIpc) is 2.34. The van der Waals surface area contributed by atoms with Crippen LogP contribution in [0.5, 0.6) is 0 Å². The van der Waals surface area contributed by atoms with Crippen molar-refractivity contribution in [1.82, 2.24) is 15.3 Å². The smallest absolute Gasteiger partial charge is 0.199 e. The van der Waals surface area contributed by atoms with Crippen LogP contribution in [0.4, 0.5) is 5.82 Å². The Hall–Kier alpha value is -1.78. The van der Waals surface area contributed by atoms with Gasteiger partial charge in [-0.1, -0.05) is 6.58 Å². The van der Waals surface area contributed by atoms with Crippen LogP contribution in [0.15, 0.2) is 17.9 Å². The van der Waals surface area contributed by atoms with Gasteiger partial charge in [0.2, 0.25) is 0 Å². The van der Waals surface area contributed by atoms with Crippen LogP contribution in [-0.4, -0.2) is 15.9 Å². The van der Waals surface area contributed by atoms with Crippen LogP contribution in [0.25, 0.3) is 5.70 Å². The predicted octanol–water partition coefficient (Wildman–Crippen LogP) is -0.0702. The molecule has 0 atom stereocenters. The number of imidazole rings is 1. The van der Waals surface area contributed by atoms with E-state index in [1.54, 1.807) is 6.33 Å². The Kier molecular flexibility index (Phi) is 1.00. The summed E-state index contributed by atoms with van der Waals surface area (Å²) in [6, 6.07) is 0. The average molecular weight is 149 g/mol. The largest absolute Gasteiger partial charge is 0.369 e. The Labute approximate surface area is 63.0 Å². The van der Waals surface area contributed by atoms with Gasteiger partial charge in [-0.3, -0.25) is 0 Å². The highest BCUT2D eigenvalue weighted by Crippen LogP contribution is 2.21. The van der Waals surface area contributed by atoms with Crippen molar-refractivity contribution in [3.8, 4) is 0 Å². The molecule has 0 aromatic carbocycles. The lowest BCUT2D eigenvalue weighted by Crippen LogP contribution is -2.31. The second-order valence-electron chi connectivity index (χ2n) is 2.20. The van der Waals surface area contributed by atoms with Gasteiger partial charge in [-0.2, -0.15) is 4.99 Å². The van der Waals surface area contributed by atoms with Gasteiger partial charge < -0.3 is 16.0 Å². The Morgan fingerprint density at radius 3 is 3.18 bits per heavy atom.